The first-order valence-electron chi connectivity index (χ1n) is 5.75. The van der Waals surface area contributed by atoms with Crippen LogP contribution < -0.4 is 5.43 Å². The van der Waals surface area contributed by atoms with E-state index in [1.165, 1.54) is 4.88 Å². The van der Waals surface area contributed by atoms with Crippen molar-refractivity contribution in [3.63, 3.8) is 0 Å². The second-order valence-corrected chi connectivity index (χ2v) is 5.46. The molecule has 0 bridgehead atoms. The van der Waals surface area contributed by atoms with Crippen LogP contribution in [0.25, 0.3) is 10.2 Å². The van der Waals surface area contributed by atoms with Crippen LogP contribution in [0.4, 0.5) is 0 Å². The molecule has 92 valence electrons. The predicted molar refractivity (Wildman–Crippen MR) is 71.9 cm³/mol. The van der Waals surface area contributed by atoms with Crippen molar-refractivity contribution in [2.24, 2.45) is 0 Å². The quantitative estimate of drug-likeness (QED) is 0.891. The summed E-state index contributed by atoms with van der Waals surface area (Å²) in [6.07, 6.45) is 0. The molecule has 2 rings (SSSR count). The molecule has 0 saturated heterocycles. The van der Waals surface area contributed by atoms with Gasteiger partial charge in [-0.3, -0.25) is 4.79 Å². The fraction of sp³-hybridized carbons (Fsp3) is 0.462. The Kier molecular flexibility index (Phi) is 3.10. The zero-order valence-corrected chi connectivity index (χ0v) is 11.4. The lowest BCUT2D eigenvalue weighted by Crippen LogP contribution is -2.17. The lowest BCUT2D eigenvalue weighted by Gasteiger charge is -2.13. The summed E-state index contributed by atoms with van der Waals surface area (Å²) in [7, 11) is 0. The van der Waals surface area contributed by atoms with E-state index in [4.69, 9.17) is 0 Å². The smallest absolute Gasteiger partial charge is 0.196 e. The zero-order valence-electron chi connectivity index (χ0n) is 10.6. The minimum atomic E-state index is -0.186. The molecule has 0 atom stereocenters. The van der Waals surface area contributed by atoms with E-state index in [0.29, 0.717) is 5.56 Å². The topological polar surface area (TPSA) is 42.2 Å². The molecule has 2 aromatic heterocycles. The molecule has 0 amide bonds. The van der Waals surface area contributed by atoms with E-state index >= 15 is 0 Å². The summed E-state index contributed by atoms with van der Waals surface area (Å²) < 4.78 is 2.12. The molecule has 17 heavy (non-hydrogen) atoms. The third-order valence-electron chi connectivity index (χ3n) is 3.43. The van der Waals surface area contributed by atoms with Gasteiger partial charge in [0.1, 0.15) is 4.83 Å². The number of pyridine rings is 1. The average molecular weight is 251 g/mol. The first-order chi connectivity index (χ1) is 8.02. The molecule has 1 N–H and O–H groups in total. The molecular weight excluding hydrogens is 234 g/mol. The largest absolute Gasteiger partial charge is 0.391 e. The van der Waals surface area contributed by atoms with Crippen LogP contribution in [-0.2, 0) is 13.2 Å². The molecule has 0 aromatic carbocycles. The van der Waals surface area contributed by atoms with Gasteiger partial charge in [0.25, 0.3) is 0 Å². The highest BCUT2D eigenvalue weighted by Gasteiger charge is 2.17. The summed E-state index contributed by atoms with van der Waals surface area (Å²) in [5, 5.41) is 10.1. The molecule has 2 aromatic rings. The normalized spacial score (nSPS) is 11.4. The predicted octanol–water partition coefficient (Wildman–Crippen LogP) is 2.50. The van der Waals surface area contributed by atoms with Gasteiger partial charge in [0.05, 0.1) is 12.0 Å². The molecule has 2 heterocycles. The summed E-state index contributed by atoms with van der Waals surface area (Å²) in [6.45, 7) is 8.60. The summed E-state index contributed by atoms with van der Waals surface area (Å²) >= 11 is 1.66. The van der Waals surface area contributed by atoms with Gasteiger partial charge < -0.3 is 9.67 Å². The molecular formula is C13H17NO2S. The van der Waals surface area contributed by atoms with Crippen molar-refractivity contribution in [1.29, 1.82) is 0 Å². The minimum absolute atomic E-state index is 0.00782. The van der Waals surface area contributed by atoms with Gasteiger partial charge in [0.2, 0.25) is 0 Å². The van der Waals surface area contributed by atoms with Crippen LogP contribution in [0.3, 0.4) is 0 Å². The van der Waals surface area contributed by atoms with Crippen molar-refractivity contribution in [2.45, 2.75) is 40.8 Å². The number of fused-ring (bicyclic) bond motifs is 1. The summed E-state index contributed by atoms with van der Waals surface area (Å²) in [5.41, 5.74) is 2.45. The Bertz CT molecular complexity index is 637. The van der Waals surface area contributed by atoms with E-state index in [0.717, 1.165) is 28.0 Å². The van der Waals surface area contributed by atoms with E-state index in [1.807, 2.05) is 20.8 Å². The van der Waals surface area contributed by atoms with Crippen LogP contribution in [0.1, 0.15) is 28.6 Å². The van der Waals surface area contributed by atoms with Crippen molar-refractivity contribution in [3.8, 4) is 0 Å². The fourth-order valence-corrected chi connectivity index (χ4v) is 3.53. The average Bonchev–Trinajstić information content (AvgIpc) is 2.57. The Labute approximate surface area is 104 Å². The third-order valence-corrected chi connectivity index (χ3v) is 4.66. The summed E-state index contributed by atoms with van der Waals surface area (Å²) in [5.74, 6) is 0. The third kappa shape index (κ3) is 1.63. The van der Waals surface area contributed by atoms with E-state index in [2.05, 4.69) is 11.5 Å². The number of rotatable bonds is 2. The molecule has 0 aliphatic heterocycles. The first kappa shape index (κ1) is 12.3. The highest BCUT2D eigenvalue weighted by molar-refractivity contribution is 7.18. The van der Waals surface area contributed by atoms with Gasteiger partial charge in [-0.2, -0.15) is 0 Å². The van der Waals surface area contributed by atoms with Crippen LogP contribution in [0, 0.1) is 20.8 Å². The molecule has 3 nitrogen and oxygen atoms in total. The number of hydrogen-bond donors (Lipinski definition) is 1. The number of aromatic nitrogens is 1. The summed E-state index contributed by atoms with van der Waals surface area (Å²) in [6, 6.07) is 0. The Morgan fingerprint density at radius 1 is 1.29 bits per heavy atom. The molecule has 0 saturated carbocycles. The fourth-order valence-electron chi connectivity index (χ4n) is 2.26. The Balaban J connectivity index is 3.06. The SMILES string of the molecule is CCn1c(C)c(CO)c(=O)c2c(C)c(C)sc21. The number of aliphatic hydroxyl groups is 1. The van der Waals surface area contributed by atoms with Crippen LogP contribution >= 0.6 is 11.3 Å². The molecule has 0 radical (unpaired) electrons. The van der Waals surface area contributed by atoms with E-state index < -0.39 is 0 Å². The van der Waals surface area contributed by atoms with Gasteiger partial charge in [0, 0.05) is 22.7 Å². The van der Waals surface area contributed by atoms with E-state index in [9.17, 15) is 9.90 Å². The number of aryl methyl sites for hydroxylation is 3. The number of hydrogen-bond acceptors (Lipinski definition) is 3. The van der Waals surface area contributed by atoms with Crippen LogP contribution in [0.2, 0.25) is 0 Å². The zero-order chi connectivity index (χ0) is 12.7. The molecule has 0 aliphatic rings. The lowest BCUT2D eigenvalue weighted by molar-refractivity contribution is 0.279. The van der Waals surface area contributed by atoms with Gasteiger partial charge in [-0.05, 0) is 33.3 Å². The van der Waals surface area contributed by atoms with Gasteiger partial charge in [-0.15, -0.1) is 11.3 Å². The summed E-state index contributed by atoms with van der Waals surface area (Å²) in [4.78, 5) is 14.5. The van der Waals surface area contributed by atoms with Crippen molar-refractivity contribution in [3.05, 3.63) is 31.9 Å². The monoisotopic (exact) mass is 251 g/mol. The van der Waals surface area contributed by atoms with Crippen LogP contribution in [-0.4, -0.2) is 9.67 Å². The van der Waals surface area contributed by atoms with Gasteiger partial charge >= 0.3 is 0 Å². The van der Waals surface area contributed by atoms with Gasteiger partial charge in [-0.1, -0.05) is 0 Å². The van der Waals surface area contributed by atoms with Crippen molar-refractivity contribution in [1.82, 2.24) is 4.57 Å². The minimum Gasteiger partial charge on any atom is -0.391 e. The number of aliphatic hydroxyl groups excluding tert-OH is 1. The number of nitrogens with zero attached hydrogens (tertiary/aromatic N) is 1. The highest BCUT2D eigenvalue weighted by Crippen LogP contribution is 2.29. The maximum Gasteiger partial charge on any atom is 0.196 e. The Hall–Kier alpha value is -1.13. The van der Waals surface area contributed by atoms with Gasteiger partial charge in [-0.25, -0.2) is 0 Å². The lowest BCUT2D eigenvalue weighted by atomic mass is 10.1. The van der Waals surface area contributed by atoms with Crippen LogP contribution in [0.5, 0.6) is 0 Å². The Morgan fingerprint density at radius 3 is 2.47 bits per heavy atom. The first-order valence-corrected chi connectivity index (χ1v) is 6.57. The molecule has 0 aliphatic carbocycles. The maximum atomic E-state index is 12.3. The Morgan fingerprint density at radius 2 is 1.94 bits per heavy atom. The second kappa shape index (κ2) is 4.27. The van der Waals surface area contributed by atoms with E-state index in [1.54, 1.807) is 11.3 Å². The molecule has 0 unspecified atom stereocenters. The maximum absolute atomic E-state index is 12.3. The van der Waals surface area contributed by atoms with E-state index in [-0.39, 0.29) is 12.0 Å². The van der Waals surface area contributed by atoms with Crippen molar-refractivity contribution in [2.75, 3.05) is 0 Å². The highest BCUT2D eigenvalue weighted by atomic mass is 32.1. The molecule has 4 heteroatoms. The van der Waals surface area contributed by atoms with Crippen molar-refractivity contribution >= 4 is 21.6 Å². The molecule has 0 fully saturated rings. The molecule has 0 spiro atoms. The van der Waals surface area contributed by atoms with Crippen LogP contribution in [0.15, 0.2) is 4.79 Å². The standard InChI is InChI=1S/C13H17NO2S/c1-5-14-8(3)10(6-15)12(16)11-7(2)9(4)17-13(11)14/h15H,5-6H2,1-4H3. The second-order valence-electron chi connectivity index (χ2n) is 4.26. The number of thiophene rings is 1. The van der Waals surface area contributed by atoms with Crippen molar-refractivity contribution < 1.29 is 5.11 Å². The van der Waals surface area contributed by atoms with Gasteiger partial charge in [0.15, 0.2) is 5.43 Å².